The maximum Gasteiger partial charge on any atom is 0.186 e. The summed E-state index contributed by atoms with van der Waals surface area (Å²) in [5, 5.41) is 1.20. The van der Waals surface area contributed by atoms with Gasteiger partial charge in [0.2, 0.25) is 0 Å². The number of nitrogens with two attached hydrogens (primary N) is 1. The molecule has 1 aromatic rings. The van der Waals surface area contributed by atoms with Crippen LogP contribution in [0.25, 0.3) is 0 Å². The van der Waals surface area contributed by atoms with Gasteiger partial charge in [-0.05, 0) is 25.7 Å². The van der Waals surface area contributed by atoms with Gasteiger partial charge in [0.1, 0.15) is 0 Å². The van der Waals surface area contributed by atoms with Gasteiger partial charge < -0.3 is 10.6 Å². The third kappa shape index (κ3) is 3.34. The first-order valence-electron chi connectivity index (χ1n) is 7.94. The van der Waals surface area contributed by atoms with E-state index < -0.39 is 0 Å². The Morgan fingerprint density at radius 2 is 2.10 bits per heavy atom. The lowest BCUT2D eigenvalue weighted by Gasteiger charge is -2.35. The van der Waals surface area contributed by atoms with Crippen molar-refractivity contribution in [1.82, 2.24) is 4.98 Å². The molecule has 2 heterocycles. The minimum atomic E-state index is 0.0828. The molecule has 1 aliphatic rings. The Morgan fingerprint density at radius 3 is 2.65 bits per heavy atom. The summed E-state index contributed by atoms with van der Waals surface area (Å²) in [5.41, 5.74) is 7.21. The minimum Gasteiger partial charge on any atom is -0.345 e. The van der Waals surface area contributed by atoms with Crippen LogP contribution in [-0.4, -0.2) is 17.6 Å². The van der Waals surface area contributed by atoms with Crippen LogP contribution in [0.2, 0.25) is 0 Å². The zero-order chi connectivity index (χ0) is 14.8. The van der Waals surface area contributed by atoms with E-state index in [1.165, 1.54) is 47.8 Å². The van der Waals surface area contributed by atoms with Gasteiger partial charge in [0.15, 0.2) is 5.13 Å². The van der Waals surface area contributed by atoms with Crippen molar-refractivity contribution in [1.29, 1.82) is 0 Å². The number of anilines is 1. The predicted molar refractivity (Wildman–Crippen MR) is 88.6 cm³/mol. The van der Waals surface area contributed by atoms with Gasteiger partial charge in [0.25, 0.3) is 0 Å². The van der Waals surface area contributed by atoms with Crippen LogP contribution in [0.3, 0.4) is 0 Å². The van der Waals surface area contributed by atoms with E-state index in [4.69, 9.17) is 10.7 Å². The Morgan fingerprint density at radius 1 is 1.35 bits per heavy atom. The topological polar surface area (TPSA) is 42.2 Å². The Bertz CT molecular complexity index is 431. The minimum absolute atomic E-state index is 0.0828. The molecule has 0 saturated carbocycles. The van der Waals surface area contributed by atoms with Crippen LogP contribution in [0.5, 0.6) is 0 Å². The van der Waals surface area contributed by atoms with E-state index in [-0.39, 0.29) is 5.41 Å². The van der Waals surface area contributed by atoms with Crippen molar-refractivity contribution in [3.63, 3.8) is 0 Å². The highest BCUT2D eigenvalue weighted by atomic mass is 32.1. The van der Waals surface area contributed by atoms with Crippen LogP contribution in [0.4, 0.5) is 5.13 Å². The van der Waals surface area contributed by atoms with Gasteiger partial charge in [0, 0.05) is 29.4 Å². The van der Waals surface area contributed by atoms with Crippen LogP contribution in [0, 0.1) is 0 Å². The third-order valence-corrected chi connectivity index (χ3v) is 5.19. The number of piperidine rings is 1. The third-order valence-electron chi connectivity index (χ3n) is 4.08. The summed E-state index contributed by atoms with van der Waals surface area (Å²) in [6, 6.07) is 0.679. The Hall–Kier alpha value is -0.610. The van der Waals surface area contributed by atoms with Crippen molar-refractivity contribution >= 4 is 16.5 Å². The molecule has 114 valence electrons. The lowest BCUT2D eigenvalue weighted by Crippen LogP contribution is -2.39. The van der Waals surface area contributed by atoms with Gasteiger partial charge in [0.05, 0.1) is 5.69 Å². The molecular formula is C16H29N3S. The van der Waals surface area contributed by atoms with E-state index in [0.717, 1.165) is 6.54 Å². The summed E-state index contributed by atoms with van der Waals surface area (Å²) < 4.78 is 0. The van der Waals surface area contributed by atoms with Crippen molar-refractivity contribution in [2.24, 2.45) is 5.73 Å². The van der Waals surface area contributed by atoms with E-state index in [2.05, 4.69) is 32.6 Å². The van der Waals surface area contributed by atoms with Crippen molar-refractivity contribution in [3.05, 3.63) is 10.6 Å². The van der Waals surface area contributed by atoms with Gasteiger partial charge >= 0.3 is 0 Å². The van der Waals surface area contributed by atoms with Gasteiger partial charge in [-0.2, -0.15) is 0 Å². The molecule has 0 radical (unpaired) electrons. The molecule has 2 rings (SSSR count). The second-order valence-corrected chi connectivity index (χ2v) is 7.92. The summed E-state index contributed by atoms with van der Waals surface area (Å²) in [7, 11) is 0. The van der Waals surface area contributed by atoms with Crippen LogP contribution in [0.1, 0.15) is 70.4 Å². The first kappa shape index (κ1) is 15.8. The SMILES string of the molecule is CCCC1CCCCN1c1nc(C(C)(C)C)c(CN)s1. The number of hydrogen-bond donors (Lipinski definition) is 1. The molecule has 1 aromatic heterocycles. The van der Waals surface area contributed by atoms with Gasteiger partial charge in [-0.25, -0.2) is 4.98 Å². The molecule has 2 N–H and O–H groups in total. The van der Waals surface area contributed by atoms with Crippen molar-refractivity contribution in [2.45, 2.75) is 77.8 Å². The summed E-state index contributed by atoms with van der Waals surface area (Å²) >= 11 is 1.81. The number of nitrogens with zero attached hydrogens (tertiary/aromatic N) is 2. The smallest absolute Gasteiger partial charge is 0.186 e. The molecule has 1 atom stereocenters. The molecular weight excluding hydrogens is 266 g/mol. The molecule has 0 bridgehead atoms. The molecule has 1 unspecified atom stereocenters. The fourth-order valence-electron chi connectivity index (χ4n) is 3.07. The quantitative estimate of drug-likeness (QED) is 0.911. The fraction of sp³-hybridized carbons (Fsp3) is 0.812. The first-order chi connectivity index (χ1) is 9.47. The molecule has 0 spiro atoms. The number of hydrogen-bond acceptors (Lipinski definition) is 4. The predicted octanol–water partition coefficient (Wildman–Crippen LogP) is 4.06. The largest absolute Gasteiger partial charge is 0.345 e. The highest BCUT2D eigenvalue weighted by Gasteiger charge is 2.28. The van der Waals surface area contributed by atoms with Crippen LogP contribution >= 0.6 is 11.3 Å². The molecule has 0 amide bonds. The zero-order valence-electron chi connectivity index (χ0n) is 13.4. The molecule has 1 fully saturated rings. The fourth-order valence-corrected chi connectivity index (χ4v) is 4.32. The average molecular weight is 295 g/mol. The van der Waals surface area contributed by atoms with Crippen molar-refractivity contribution in [3.8, 4) is 0 Å². The zero-order valence-corrected chi connectivity index (χ0v) is 14.2. The standard InChI is InChI=1S/C16H29N3S/c1-5-8-12-9-6-7-10-19(12)15-18-14(16(2,3)4)13(11-17)20-15/h12H,5-11,17H2,1-4H3. The van der Waals surface area contributed by atoms with Gasteiger partial charge in [-0.15, -0.1) is 11.3 Å². The maximum atomic E-state index is 5.94. The summed E-state index contributed by atoms with van der Waals surface area (Å²) in [6.45, 7) is 10.7. The van der Waals surface area contributed by atoms with E-state index >= 15 is 0 Å². The summed E-state index contributed by atoms with van der Waals surface area (Å²) in [6.07, 6.45) is 6.51. The first-order valence-corrected chi connectivity index (χ1v) is 8.76. The second-order valence-electron chi connectivity index (χ2n) is 6.85. The van der Waals surface area contributed by atoms with Crippen LogP contribution in [0.15, 0.2) is 0 Å². The van der Waals surface area contributed by atoms with E-state index in [0.29, 0.717) is 12.6 Å². The molecule has 0 aliphatic carbocycles. The molecule has 4 heteroatoms. The Kier molecular flexibility index (Phi) is 5.08. The van der Waals surface area contributed by atoms with E-state index in [1.54, 1.807) is 0 Å². The molecule has 3 nitrogen and oxygen atoms in total. The number of aromatic nitrogens is 1. The van der Waals surface area contributed by atoms with Gasteiger partial charge in [-0.3, -0.25) is 0 Å². The lowest BCUT2D eigenvalue weighted by atomic mass is 9.91. The maximum absolute atomic E-state index is 5.94. The highest BCUT2D eigenvalue weighted by molar-refractivity contribution is 7.15. The molecule has 20 heavy (non-hydrogen) atoms. The Balaban J connectivity index is 2.29. The monoisotopic (exact) mass is 295 g/mol. The normalized spacial score (nSPS) is 20.4. The summed E-state index contributed by atoms with van der Waals surface area (Å²) in [4.78, 5) is 8.78. The summed E-state index contributed by atoms with van der Waals surface area (Å²) in [5.74, 6) is 0. The Labute approximate surface area is 127 Å². The van der Waals surface area contributed by atoms with E-state index in [1.807, 2.05) is 11.3 Å². The number of thiazole rings is 1. The number of rotatable bonds is 4. The lowest BCUT2D eigenvalue weighted by molar-refractivity contribution is 0.433. The van der Waals surface area contributed by atoms with Crippen molar-refractivity contribution < 1.29 is 0 Å². The second kappa shape index (κ2) is 6.44. The molecule has 1 aliphatic heterocycles. The highest BCUT2D eigenvalue weighted by Crippen LogP contribution is 2.36. The average Bonchev–Trinajstić information content (AvgIpc) is 2.84. The molecule has 1 saturated heterocycles. The van der Waals surface area contributed by atoms with Crippen LogP contribution < -0.4 is 10.6 Å². The van der Waals surface area contributed by atoms with Crippen LogP contribution in [-0.2, 0) is 12.0 Å². The van der Waals surface area contributed by atoms with Gasteiger partial charge in [-0.1, -0.05) is 34.1 Å². The van der Waals surface area contributed by atoms with Crippen molar-refractivity contribution in [2.75, 3.05) is 11.4 Å². The van der Waals surface area contributed by atoms with E-state index in [9.17, 15) is 0 Å². The molecule has 0 aromatic carbocycles.